The van der Waals surface area contributed by atoms with Crippen molar-refractivity contribution in [3.8, 4) is 0 Å². The van der Waals surface area contributed by atoms with Crippen LogP contribution in [0.15, 0.2) is 0 Å². The van der Waals surface area contributed by atoms with Crippen molar-refractivity contribution in [2.24, 2.45) is 0 Å². The molecule has 0 amide bonds. The van der Waals surface area contributed by atoms with E-state index in [2.05, 4.69) is 43.3 Å². The molecule has 0 saturated carbocycles. The molecule has 0 aliphatic heterocycles. The van der Waals surface area contributed by atoms with Gasteiger partial charge < -0.3 is 0 Å². The van der Waals surface area contributed by atoms with Crippen LogP contribution in [0.25, 0.3) is 0 Å². The molecule has 0 heterocycles. The Hall–Kier alpha value is 1.15. The molecule has 0 aliphatic carbocycles. The summed E-state index contributed by atoms with van der Waals surface area (Å²) in [7, 11) is -2.49. The molecule has 0 unspecified atom stereocenters. The normalized spacial score (nSPS) is 6.80. The lowest BCUT2D eigenvalue weighted by atomic mass is 11.9. The van der Waals surface area contributed by atoms with E-state index < -0.39 is 8.25 Å². The monoisotopic (exact) mass is 223 g/mol. The van der Waals surface area contributed by atoms with Crippen molar-refractivity contribution in [1.29, 1.82) is 0 Å². The number of hydrogen-bond donors (Lipinski definition) is 4. The number of rotatable bonds is 0. The highest BCUT2D eigenvalue weighted by Crippen LogP contribution is 2.14. The smallest absolute Gasteiger partial charge is 0.134 e. The quantitative estimate of drug-likeness (QED) is 0.287. The molecule has 0 aromatic rings. The Labute approximate surface area is 74.2 Å². The van der Waals surface area contributed by atoms with Gasteiger partial charge in [-0.1, -0.05) is 0 Å². The molecule has 2 N–H and O–H groups in total. The molecule has 0 aromatic heterocycles. The lowest BCUT2D eigenvalue weighted by Gasteiger charge is -1.81. The summed E-state index contributed by atoms with van der Waals surface area (Å²) in [5, 5.41) is 0. The predicted octanol–water partition coefficient (Wildman–Crippen LogP) is 1.75. The Kier molecular flexibility index (Phi) is 28.7. The number of hydrogen-bond acceptors (Lipinski definition) is 3. The second kappa shape index (κ2) is 16.6. The molecule has 0 spiro atoms. The lowest BCUT2D eigenvalue weighted by molar-refractivity contribution is 0.405. The number of thiol groups is 2. The molecule has 0 bridgehead atoms. The zero-order valence-electron chi connectivity index (χ0n) is 6.09. The first kappa shape index (κ1) is 17.3. The summed E-state index contributed by atoms with van der Waals surface area (Å²) in [5.41, 5.74) is 0. The van der Waals surface area contributed by atoms with Gasteiger partial charge in [-0.25, -0.2) is 0 Å². The van der Waals surface area contributed by atoms with E-state index in [9.17, 15) is 0 Å². The summed E-state index contributed by atoms with van der Waals surface area (Å²) < 4.78 is 8.70. The van der Waals surface area contributed by atoms with Crippen LogP contribution in [0.4, 0.5) is 0 Å². The van der Waals surface area contributed by atoms with Crippen LogP contribution in [0.2, 0.25) is 0 Å². The third-order valence-corrected chi connectivity index (χ3v) is 0. The van der Waals surface area contributed by atoms with Crippen molar-refractivity contribution in [2.75, 3.05) is 20.0 Å². The molecule has 0 atom stereocenters. The molecular weight excluding hydrogens is 210 g/mol. The maximum absolute atomic E-state index is 8.70. The van der Waals surface area contributed by atoms with Gasteiger partial charge in [-0.3, -0.25) is 0 Å². The highest BCUT2D eigenvalue weighted by atomic mass is 33.1. The van der Waals surface area contributed by atoms with E-state index in [0.29, 0.717) is 7.92 Å². The fourth-order valence-corrected chi connectivity index (χ4v) is 0. The largest absolute Gasteiger partial charge is 0.692 e. The van der Waals surface area contributed by atoms with Crippen LogP contribution in [-0.4, -0.2) is 29.8 Å². The molecule has 64 valence electrons. The van der Waals surface area contributed by atoms with Gasteiger partial charge in [0.2, 0.25) is 0 Å². The van der Waals surface area contributed by atoms with E-state index in [0.717, 1.165) is 0 Å². The minimum atomic E-state index is -2.87. The first-order valence-electron chi connectivity index (χ1n) is 2.12. The van der Waals surface area contributed by atoms with E-state index in [4.69, 9.17) is 14.4 Å². The zero-order valence-corrected chi connectivity index (χ0v) is 9.67. The summed E-state index contributed by atoms with van der Waals surface area (Å²) >= 11 is 6.44. The van der Waals surface area contributed by atoms with Crippen LogP contribution in [0, 0.1) is 0 Å². The molecule has 3 nitrogen and oxygen atoms in total. The highest BCUT2D eigenvalue weighted by Gasteiger charge is 1.93. The molecule has 0 fully saturated rings. The van der Waals surface area contributed by atoms with Crippen molar-refractivity contribution in [3.63, 3.8) is 0 Å². The summed E-state index contributed by atoms with van der Waals surface area (Å²) in [4.78, 5) is 14.2. The second-order valence-corrected chi connectivity index (χ2v) is 4.78. The van der Waals surface area contributed by atoms with Crippen molar-refractivity contribution in [3.05, 3.63) is 0 Å². The van der Waals surface area contributed by atoms with Gasteiger partial charge in [-0.15, -0.1) is 41.0 Å². The minimum absolute atomic E-state index is 0.380. The van der Waals surface area contributed by atoms with Gasteiger partial charge in [0.15, 0.2) is 0 Å². The molecule has 10 heavy (non-hydrogen) atoms. The topological polar surface area (TPSA) is 57.5 Å². The Morgan fingerprint density at radius 1 is 1.20 bits per heavy atom. The maximum atomic E-state index is 8.70. The van der Waals surface area contributed by atoms with E-state index in [1.807, 2.05) is 0 Å². The van der Waals surface area contributed by atoms with Crippen molar-refractivity contribution in [2.45, 2.75) is 0 Å². The Morgan fingerprint density at radius 3 is 1.20 bits per heavy atom. The molecule has 0 aromatic carbocycles. The van der Waals surface area contributed by atoms with Gasteiger partial charge >= 0.3 is 8.25 Å². The van der Waals surface area contributed by atoms with Crippen molar-refractivity contribution >= 4 is 39.5 Å². The molecule has 0 radical (unpaired) electrons. The summed E-state index contributed by atoms with van der Waals surface area (Å²) in [6, 6.07) is 0. The Balaban J connectivity index is -0.0000000787. The predicted molar refractivity (Wildman–Crippen MR) is 54.7 cm³/mol. The standard InChI is InChI=1S/C3H9P.HO3P.H2S2/c2*1-4(2)3;1-2/h1-3H3;(H-,1,2,3);1-2H/p+1. The maximum Gasteiger partial charge on any atom is 0.692 e. The fraction of sp³-hybridized carbons (Fsp3) is 1.00. The molecule has 7 heteroatoms. The molecule has 0 saturated heterocycles. The first-order valence-corrected chi connectivity index (χ1v) is 7.57. The third kappa shape index (κ3) is 460. The zero-order chi connectivity index (χ0) is 9.15. The highest BCUT2D eigenvalue weighted by molar-refractivity contribution is 8.59. The van der Waals surface area contributed by atoms with Crippen molar-refractivity contribution < 1.29 is 14.4 Å². The third-order valence-electron chi connectivity index (χ3n) is 0. The van der Waals surface area contributed by atoms with Gasteiger partial charge in [-0.05, 0) is 20.0 Å². The van der Waals surface area contributed by atoms with E-state index in [1.165, 1.54) is 0 Å². The first-order chi connectivity index (χ1) is 4.46. The summed E-state index contributed by atoms with van der Waals surface area (Å²) in [6.45, 7) is 6.69. The Morgan fingerprint density at radius 2 is 1.20 bits per heavy atom. The minimum Gasteiger partial charge on any atom is -0.134 e. The average molecular weight is 223 g/mol. The van der Waals surface area contributed by atoms with Gasteiger partial charge in [0, 0.05) is 4.57 Å². The van der Waals surface area contributed by atoms with E-state index in [1.54, 1.807) is 0 Å². The lowest BCUT2D eigenvalue weighted by Crippen LogP contribution is -1.48. The Bertz CT molecular complexity index is 64.0. The van der Waals surface area contributed by atoms with E-state index in [-0.39, 0.29) is 0 Å². The molecular formula is C3H13O3P2S2+. The average Bonchev–Trinajstić information content (AvgIpc) is 1.66. The van der Waals surface area contributed by atoms with Crippen LogP contribution < -0.4 is 0 Å². The van der Waals surface area contributed by atoms with Crippen molar-refractivity contribution in [1.82, 2.24) is 0 Å². The molecule has 0 rings (SSSR count). The van der Waals surface area contributed by atoms with Gasteiger partial charge in [-0.2, -0.15) is 0 Å². The van der Waals surface area contributed by atoms with Gasteiger partial charge in [0.1, 0.15) is 0 Å². The van der Waals surface area contributed by atoms with E-state index >= 15 is 0 Å². The van der Waals surface area contributed by atoms with Crippen LogP contribution in [0.5, 0.6) is 0 Å². The SMILES string of the molecule is CP(C)C.O=[P+](O)O.SS. The van der Waals surface area contributed by atoms with Gasteiger partial charge in [0.25, 0.3) is 0 Å². The fourth-order valence-electron chi connectivity index (χ4n) is 0. The van der Waals surface area contributed by atoms with Crippen LogP contribution in [0.3, 0.4) is 0 Å². The van der Waals surface area contributed by atoms with Crippen LogP contribution in [0.1, 0.15) is 0 Å². The summed E-state index contributed by atoms with van der Waals surface area (Å²) in [5.74, 6) is 0. The summed E-state index contributed by atoms with van der Waals surface area (Å²) in [6.07, 6.45) is 0. The van der Waals surface area contributed by atoms with Crippen LogP contribution in [-0.2, 0) is 4.57 Å². The molecule has 0 aliphatic rings. The van der Waals surface area contributed by atoms with Gasteiger partial charge in [0.05, 0.1) is 0 Å². The second-order valence-electron chi connectivity index (χ2n) is 1.59. The van der Waals surface area contributed by atoms with Crippen LogP contribution >= 0.6 is 39.5 Å².